The third kappa shape index (κ3) is 5.47. The number of nitrogens with zero attached hydrogens (tertiary/aromatic N) is 2. The number of rotatable bonds is 4. The fraction of sp³-hybridized carbons (Fsp3) is 0.938. The van der Waals surface area contributed by atoms with Crippen LogP contribution < -0.4 is 5.32 Å². The van der Waals surface area contributed by atoms with Crippen molar-refractivity contribution in [3.8, 4) is 0 Å². The molecule has 0 aromatic rings. The maximum Gasteiger partial charge on any atom is 0.410 e. The van der Waals surface area contributed by atoms with Crippen LogP contribution in [0.5, 0.6) is 0 Å². The highest BCUT2D eigenvalue weighted by molar-refractivity contribution is 5.69. The third-order valence-electron chi connectivity index (χ3n) is 4.36. The summed E-state index contributed by atoms with van der Waals surface area (Å²) in [6.07, 6.45) is 3.73. The lowest BCUT2D eigenvalue weighted by Gasteiger charge is -2.40. The summed E-state index contributed by atoms with van der Waals surface area (Å²) in [4.78, 5) is 16.0. The Morgan fingerprint density at radius 3 is 2.43 bits per heavy atom. The molecule has 0 atom stereocenters. The summed E-state index contributed by atoms with van der Waals surface area (Å²) in [6, 6.07) is 0.448. The van der Waals surface area contributed by atoms with E-state index in [-0.39, 0.29) is 6.09 Å². The summed E-state index contributed by atoms with van der Waals surface area (Å²) in [6.45, 7) is 10.8. The summed E-state index contributed by atoms with van der Waals surface area (Å²) in [5, 5.41) is 3.56. The number of likely N-dealkylation sites (tertiary alicyclic amines) is 2. The fourth-order valence-electron chi connectivity index (χ4n) is 2.93. The van der Waals surface area contributed by atoms with Crippen LogP contribution in [-0.4, -0.2) is 67.3 Å². The highest BCUT2D eigenvalue weighted by Gasteiger charge is 2.33. The largest absolute Gasteiger partial charge is 0.444 e. The first-order valence-electron chi connectivity index (χ1n) is 8.23. The van der Waals surface area contributed by atoms with Crippen LogP contribution in [0.1, 0.15) is 40.0 Å². The Bertz CT molecular complexity index is 340. The molecule has 2 rings (SSSR count). The standard InChI is InChI=1S/C16H31N3O2/c1-16(2,3)21-15(20)19-11-14(12-19)17-8-5-13-6-9-18(4)10-7-13/h13-14,17H,5-12H2,1-4H3. The van der Waals surface area contributed by atoms with Crippen LogP contribution in [0, 0.1) is 5.92 Å². The molecule has 0 radical (unpaired) electrons. The summed E-state index contributed by atoms with van der Waals surface area (Å²) in [5.74, 6) is 0.871. The Labute approximate surface area is 129 Å². The number of carbonyl (C=O) groups excluding carboxylic acids is 1. The van der Waals surface area contributed by atoms with Crippen molar-refractivity contribution < 1.29 is 9.53 Å². The Kier molecular flexibility index (Phi) is 5.49. The summed E-state index contributed by atoms with van der Waals surface area (Å²) < 4.78 is 5.35. The molecule has 1 amide bonds. The second kappa shape index (κ2) is 6.97. The van der Waals surface area contributed by atoms with E-state index >= 15 is 0 Å². The van der Waals surface area contributed by atoms with Gasteiger partial charge in [-0.3, -0.25) is 0 Å². The minimum atomic E-state index is -0.399. The van der Waals surface area contributed by atoms with Gasteiger partial charge in [0.25, 0.3) is 0 Å². The molecule has 0 aromatic heterocycles. The molecule has 0 saturated carbocycles. The normalized spacial score (nSPS) is 22.2. The number of piperidine rings is 1. The number of ether oxygens (including phenoxy) is 1. The van der Waals surface area contributed by atoms with Gasteiger partial charge >= 0.3 is 6.09 Å². The molecule has 2 heterocycles. The average Bonchev–Trinajstić information content (AvgIpc) is 2.32. The van der Waals surface area contributed by atoms with Crippen LogP contribution >= 0.6 is 0 Å². The van der Waals surface area contributed by atoms with Crippen molar-refractivity contribution in [3.05, 3.63) is 0 Å². The lowest BCUT2D eigenvalue weighted by atomic mass is 9.93. The summed E-state index contributed by atoms with van der Waals surface area (Å²) in [7, 11) is 2.20. The van der Waals surface area contributed by atoms with Crippen LogP contribution in [0.3, 0.4) is 0 Å². The van der Waals surface area contributed by atoms with Gasteiger partial charge in [-0.2, -0.15) is 0 Å². The molecule has 0 spiro atoms. The molecule has 21 heavy (non-hydrogen) atoms. The summed E-state index contributed by atoms with van der Waals surface area (Å²) >= 11 is 0. The van der Waals surface area contributed by atoms with Gasteiger partial charge in [-0.05, 0) is 72.6 Å². The molecule has 2 fully saturated rings. The molecule has 1 N–H and O–H groups in total. The molecular formula is C16H31N3O2. The van der Waals surface area contributed by atoms with Crippen molar-refractivity contribution >= 4 is 6.09 Å². The lowest BCUT2D eigenvalue weighted by Crippen LogP contribution is -2.60. The average molecular weight is 297 g/mol. The zero-order valence-electron chi connectivity index (χ0n) is 14.0. The Hall–Kier alpha value is -0.810. The van der Waals surface area contributed by atoms with Crippen LogP contribution in [-0.2, 0) is 4.74 Å². The summed E-state index contributed by atoms with van der Waals surface area (Å²) in [5.41, 5.74) is -0.399. The van der Waals surface area contributed by atoms with Crippen molar-refractivity contribution in [3.63, 3.8) is 0 Å². The smallest absolute Gasteiger partial charge is 0.410 e. The fourth-order valence-corrected chi connectivity index (χ4v) is 2.93. The highest BCUT2D eigenvalue weighted by Crippen LogP contribution is 2.19. The van der Waals surface area contributed by atoms with E-state index in [1.54, 1.807) is 4.90 Å². The third-order valence-corrected chi connectivity index (χ3v) is 4.36. The molecule has 2 saturated heterocycles. The molecular weight excluding hydrogens is 266 g/mol. The molecule has 0 aromatic carbocycles. The minimum Gasteiger partial charge on any atom is -0.444 e. The molecule has 2 aliphatic heterocycles. The lowest BCUT2D eigenvalue weighted by molar-refractivity contribution is 0.00519. The molecule has 122 valence electrons. The Morgan fingerprint density at radius 2 is 1.86 bits per heavy atom. The zero-order valence-corrected chi connectivity index (χ0v) is 14.0. The molecule has 5 nitrogen and oxygen atoms in total. The number of carbonyl (C=O) groups is 1. The van der Waals surface area contributed by atoms with Gasteiger partial charge in [0.15, 0.2) is 0 Å². The van der Waals surface area contributed by atoms with E-state index in [0.29, 0.717) is 6.04 Å². The van der Waals surface area contributed by atoms with E-state index in [2.05, 4.69) is 17.3 Å². The second-order valence-electron chi connectivity index (χ2n) is 7.57. The van der Waals surface area contributed by atoms with Crippen LogP contribution in [0.25, 0.3) is 0 Å². The first kappa shape index (κ1) is 16.6. The SMILES string of the molecule is CN1CCC(CCNC2CN(C(=O)OC(C)(C)C)C2)CC1. The second-order valence-corrected chi connectivity index (χ2v) is 7.57. The zero-order chi connectivity index (χ0) is 15.5. The maximum atomic E-state index is 11.8. The van der Waals surface area contributed by atoms with E-state index in [1.165, 1.54) is 32.4 Å². The number of nitrogens with one attached hydrogen (secondary N) is 1. The molecule has 2 aliphatic rings. The molecule has 5 heteroatoms. The van der Waals surface area contributed by atoms with Gasteiger partial charge < -0.3 is 19.9 Å². The Morgan fingerprint density at radius 1 is 1.24 bits per heavy atom. The topological polar surface area (TPSA) is 44.8 Å². The highest BCUT2D eigenvalue weighted by atomic mass is 16.6. The van der Waals surface area contributed by atoms with Gasteiger partial charge in [-0.1, -0.05) is 0 Å². The first-order valence-corrected chi connectivity index (χ1v) is 8.23. The monoisotopic (exact) mass is 297 g/mol. The van der Waals surface area contributed by atoms with Crippen molar-refractivity contribution in [1.29, 1.82) is 0 Å². The van der Waals surface area contributed by atoms with Crippen LogP contribution in [0.15, 0.2) is 0 Å². The number of amides is 1. The van der Waals surface area contributed by atoms with Gasteiger partial charge in [0.1, 0.15) is 5.60 Å². The van der Waals surface area contributed by atoms with Crippen LogP contribution in [0.2, 0.25) is 0 Å². The van der Waals surface area contributed by atoms with Crippen molar-refractivity contribution in [1.82, 2.24) is 15.1 Å². The van der Waals surface area contributed by atoms with E-state index in [4.69, 9.17) is 4.74 Å². The first-order chi connectivity index (χ1) is 9.83. The van der Waals surface area contributed by atoms with Crippen molar-refractivity contribution in [2.45, 2.75) is 51.7 Å². The van der Waals surface area contributed by atoms with Crippen LogP contribution in [0.4, 0.5) is 4.79 Å². The van der Waals surface area contributed by atoms with Gasteiger partial charge in [-0.25, -0.2) is 4.79 Å². The van der Waals surface area contributed by atoms with E-state index in [1.807, 2.05) is 20.8 Å². The van der Waals surface area contributed by atoms with Gasteiger partial charge in [0.05, 0.1) is 0 Å². The van der Waals surface area contributed by atoms with Gasteiger partial charge in [0, 0.05) is 19.1 Å². The van der Waals surface area contributed by atoms with Gasteiger partial charge in [0.2, 0.25) is 0 Å². The van der Waals surface area contributed by atoms with E-state index in [0.717, 1.165) is 25.6 Å². The van der Waals surface area contributed by atoms with Gasteiger partial charge in [-0.15, -0.1) is 0 Å². The Balaban J connectivity index is 1.54. The maximum absolute atomic E-state index is 11.8. The quantitative estimate of drug-likeness (QED) is 0.861. The number of hydrogen-bond donors (Lipinski definition) is 1. The molecule has 0 bridgehead atoms. The van der Waals surface area contributed by atoms with Crippen molar-refractivity contribution in [2.75, 3.05) is 39.8 Å². The molecule has 0 unspecified atom stereocenters. The number of hydrogen-bond acceptors (Lipinski definition) is 4. The van der Waals surface area contributed by atoms with E-state index < -0.39 is 5.60 Å². The van der Waals surface area contributed by atoms with Crippen molar-refractivity contribution in [2.24, 2.45) is 5.92 Å². The predicted octanol–water partition coefficient (Wildman–Crippen LogP) is 1.93. The minimum absolute atomic E-state index is 0.184. The predicted molar refractivity (Wildman–Crippen MR) is 84.4 cm³/mol. The molecule has 0 aliphatic carbocycles. The van der Waals surface area contributed by atoms with E-state index in [9.17, 15) is 4.79 Å².